The Morgan fingerprint density at radius 2 is 1.95 bits per heavy atom. The number of H-pyrrole nitrogens is 1. The summed E-state index contributed by atoms with van der Waals surface area (Å²) in [5.74, 6) is -0.592. The number of benzene rings is 1. The zero-order chi connectivity index (χ0) is 15.0. The molecule has 0 saturated carbocycles. The number of aromatic nitrogens is 3. The van der Waals surface area contributed by atoms with E-state index in [1.54, 1.807) is 50.6 Å². The van der Waals surface area contributed by atoms with Gasteiger partial charge in [-0.25, -0.2) is 4.39 Å². The van der Waals surface area contributed by atoms with Crippen molar-refractivity contribution in [1.82, 2.24) is 20.1 Å². The van der Waals surface area contributed by atoms with Crippen LogP contribution in [0.4, 0.5) is 4.39 Å². The largest absolute Gasteiger partial charge is 0.361 e. The van der Waals surface area contributed by atoms with Crippen molar-refractivity contribution in [2.24, 2.45) is 0 Å². The van der Waals surface area contributed by atoms with Gasteiger partial charge in [-0.1, -0.05) is 0 Å². The van der Waals surface area contributed by atoms with Crippen LogP contribution in [0.25, 0.3) is 22.2 Å². The number of halogens is 1. The molecule has 6 heteroatoms. The normalized spacial score (nSPS) is 10.8. The molecule has 21 heavy (non-hydrogen) atoms. The minimum atomic E-state index is -0.352. The van der Waals surface area contributed by atoms with Crippen LogP contribution in [0.3, 0.4) is 0 Å². The van der Waals surface area contributed by atoms with E-state index in [0.717, 1.165) is 5.52 Å². The smallest absolute Gasteiger partial charge is 0.273 e. The quantitative estimate of drug-likeness (QED) is 0.786. The van der Waals surface area contributed by atoms with Gasteiger partial charge in [-0.15, -0.1) is 10.2 Å². The second-order valence-corrected chi connectivity index (χ2v) is 4.87. The second kappa shape index (κ2) is 4.97. The number of carbonyl (C=O) groups is 1. The number of fused-ring (bicyclic) bond motifs is 1. The molecule has 0 fully saturated rings. The lowest BCUT2D eigenvalue weighted by Crippen LogP contribution is -2.23. The van der Waals surface area contributed by atoms with E-state index in [4.69, 9.17) is 0 Å². The molecule has 0 unspecified atom stereocenters. The van der Waals surface area contributed by atoms with Crippen LogP contribution in [0, 0.1) is 5.82 Å². The monoisotopic (exact) mass is 284 g/mol. The first-order valence-corrected chi connectivity index (χ1v) is 6.39. The molecular formula is C15H13FN4O. The lowest BCUT2D eigenvalue weighted by Gasteiger charge is -2.09. The SMILES string of the molecule is CN(C)C(=O)c1ccc(-c2ccc3[nH]ccc3c2F)nn1. The summed E-state index contributed by atoms with van der Waals surface area (Å²) in [5, 5.41) is 8.33. The Labute approximate surface area is 120 Å². The molecule has 0 radical (unpaired) electrons. The molecule has 0 saturated heterocycles. The predicted octanol–water partition coefficient (Wildman–Crippen LogP) is 2.47. The van der Waals surface area contributed by atoms with Crippen LogP contribution in [-0.2, 0) is 0 Å². The van der Waals surface area contributed by atoms with Gasteiger partial charge < -0.3 is 9.88 Å². The molecule has 0 aliphatic carbocycles. The van der Waals surface area contributed by atoms with Crippen LogP contribution in [0.1, 0.15) is 10.5 Å². The molecule has 0 aliphatic rings. The van der Waals surface area contributed by atoms with Crippen molar-refractivity contribution >= 4 is 16.8 Å². The van der Waals surface area contributed by atoms with E-state index in [1.165, 1.54) is 4.90 Å². The Kier molecular flexibility index (Phi) is 3.13. The summed E-state index contributed by atoms with van der Waals surface area (Å²) in [6.45, 7) is 0. The van der Waals surface area contributed by atoms with Crippen molar-refractivity contribution in [2.75, 3.05) is 14.1 Å². The van der Waals surface area contributed by atoms with Gasteiger partial charge in [-0.2, -0.15) is 0 Å². The van der Waals surface area contributed by atoms with Crippen LogP contribution in [-0.4, -0.2) is 40.1 Å². The predicted molar refractivity (Wildman–Crippen MR) is 77.3 cm³/mol. The molecular weight excluding hydrogens is 271 g/mol. The van der Waals surface area contributed by atoms with Crippen LogP contribution >= 0.6 is 0 Å². The van der Waals surface area contributed by atoms with Gasteiger partial charge in [-0.3, -0.25) is 4.79 Å². The number of hydrogen-bond acceptors (Lipinski definition) is 3. The van der Waals surface area contributed by atoms with E-state index < -0.39 is 0 Å². The molecule has 3 rings (SSSR count). The van der Waals surface area contributed by atoms with Gasteiger partial charge in [0.2, 0.25) is 0 Å². The van der Waals surface area contributed by atoms with Gasteiger partial charge >= 0.3 is 0 Å². The molecule has 1 N–H and O–H groups in total. The summed E-state index contributed by atoms with van der Waals surface area (Å²) in [6, 6.07) is 8.25. The fraction of sp³-hybridized carbons (Fsp3) is 0.133. The molecule has 0 bridgehead atoms. The zero-order valence-corrected chi connectivity index (χ0v) is 11.6. The Morgan fingerprint density at radius 3 is 2.62 bits per heavy atom. The van der Waals surface area contributed by atoms with Gasteiger partial charge in [-0.05, 0) is 30.3 Å². The van der Waals surface area contributed by atoms with Gasteiger partial charge in [0.25, 0.3) is 5.91 Å². The van der Waals surface area contributed by atoms with Gasteiger partial charge in [0.15, 0.2) is 5.69 Å². The summed E-state index contributed by atoms with van der Waals surface area (Å²) in [5.41, 5.74) is 1.71. The maximum atomic E-state index is 14.4. The van der Waals surface area contributed by atoms with Crippen LogP contribution in [0.2, 0.25) is 0 Å². The summed E-state index contributed by atoms with van der Waals surface area (Å²) >= 11 is 0. The molecule has 3 aromatic rings. The number of carbonyl (C=O) groups excluding carboxylic acids is 1. The van der Waals surface area contributed by atoms with Crippen LogP contribution in [0.15, 0.2) is 36.5 Å². The zero-order valence-electron chi connectivity index (χ0n) is 11.6. The molecule has 0 atom stereocenters. The molecule has 0 spiro atoms. The third-order valence-corrected chi connectivity index (χ3v) is 3.23. The Hall–Kier alpha value is -2.76. The number of nitrogens with zero attached hydrogens (tertiary/aromatic N) is 3. The molecule has 106 valence electrons. The van der Waals surface area contributed by atoms with Crippen LogP contribution in [0.5, 0.6) is 0 Å². The maximum absolute atomic E-state index is 14.4. The molecule has 2 aromatic heterocycles. The first-order valence-electron chi connectivity index (χ1n) is 6.39. The van der Waals surface area contributed by atoms with Crippen molar-refractivity contribution in [3.63, 3.8) is 0 Å². The topological polar surface area (TPSA) is 61.9 Å². The van der Waals surface area contributed by atoms with Gasteiger partial charge in [0.05, 0.1) is 5.69 Å². The highest BCUT2D eigenvalue weighted by atomic mass is 19.1. The summed E-state index contributed by atoms with van der Waals surface area (Å²) in [6.07, 6.45) is 1.68. The van der Waals surface area contributed by atoms with E-state index in [0.29, 0.717) is 16.6 Å². The molecule has 2 heterocycles. The van der Waals surface area contributed by atoms with E-state index in [2.05, 4.69) is 15.2 Å². The van der Waals surface area contributed by atoms with Crippen LogP contribution < -0.4 is 0 Å². The Morgan fingerprint density at radius 1 is 1.14 bits per heavy atom. The average Bonchev–Trinajstić information content (AvgIpc) is 2.96. The highest BCUT2D eigenvalue weighted by Gasteiger charge is 2.14. The van der Waals surface area contributed by atoms with Gasteiger partial charge in [0, 0.05) is 36.8 Å². The number of aromatic amines is 1. The standard InChI is InChI=1S/C15H13FN4O/c1-20(2)15(21)13-6-5-12(18-19-13)9-3-4-11-10(14(9)16)7-8-17-11/h3-8,17H,1-2H3. The van der Waals surface area contributed by atoms with E-state index in [-0.39, 0.29) is 17.4 Å². The Bertz CT molecular complexity index is 808. The molecule has 5 nitrogen and oxygen atoms in total. The first-order chi connectivity index (χ1) is 10.1. The fourth-order valence-electron chi connectivity index (χ4n) is 2.11. The highest BCUT2D eigenvalue weighted by molar-refractivity contribution is 5.92. The summed E-state index contributed by atoms with van der Waals surface area (Å²) in [7, 11) is 3.27. The number of rotatable bonds is 2. The number of nitrogens with one attached hydrogen (secondary N) is 1. The summed E-state index contributed by atoms with van der Waals surface area (Å²) < 4.78 is 14.4. The van der Waals surface area contributed by atoms with E-state index >= 15 is 0 Å². The lowest BCUT2D eigenvalue weighted by atomic mass is 10.1. The second-order valence-electron chi connectivity index (χ2n) is 4.87. The Balaban J connectivity index is 2.03. The van der Waals surface area contributed by atoms with Crippen molar-refractivity contribution in [3.05, 3.63) is 48.0 Å². The third kappa shape index (κ3) is 2.24. The lowest BCUT2D eigenvalue weighted by molar-refractivity contribution is 0.0821. The van der Waals surface area contributed by atoms with Crippen molar-refractivity contribution in [3.8, 4) is 11.3 Å². The first kappa shape index (κ1) is 13.2. The summed E-state index contributed by atoms with van der Waals surface area (Å²) in [4.78, 5) is 16.1. The maximum Gasteiger partial charge on any atom is 0.273 e. The molecule has 1 aromatic carbocycles. The van der Waals surface area contributed by atoms with E-state index in [1.807, 2.05) is 0 Å². The molecule has 0 aliphatic heterocycles. The average molecular weight is 284 g/mol. The van der Waals surface area contributed by atoms with E-state index in [9.17, 15) is 9.18 Å². The third-order valence-electron chi connectivity index (χ3n) is 3.23. The highest BCUT2D eigenvalue weighted by Crippen LogP contribution is 2.26. The minimum Gasteiger partial charge on any atom is -0.361 e. The fourth-order valence-corrected chi connectivity index (χ4v) is 2.11. The number of hydrogen-bond donors (Lipinski definition) is 1. The number of amides is 1. The molecule has 1 amide bonds. The van der Waals surface area contributed by atoms with Crippen molar-refractivity contribution in [1.29, 1.82) is 0 Å². The minimum absolute atomic E-state index is 0.229. The van der Waals surface area contributed by atoms with Crippen molar-refractivity contribution in [2.45, 2.75) is 0 Å². The van der Waals surface area contributed by atoms with Crippen molar-refractivity contribution < 1.29 is 9.18 Å². The van der Waals surface area contributed by atoms with Gasteiger partial charge in [0.1, 0.15) is 5.82 Å².